The van der Waals surface area contributed by atoms with E-state index in [2.05, 4.69) is 10.6 Å². The first-order valence-corrected chi connectivity index (χ1v) is 7.34. The lowest BCUT2D eigenvalue weighted by molar-refractivity contribution is 0.237. The van der Waals surface area contributed by atoms with Crippen LogP contribution in [-0.2, 0) is 6.54 Å². The molecule has 0 saturated carbocycles. The highest BCUT2D eigenvalue weighted by molar-refractivity contribution is 6.30. The van der Waals surface area contributed by atoms with Crippen LogP contribution in [0.4, 0.5) is 4.79 Å². The zero-order valence-corrected chi connectivity index (χ0v) is 13.1. The van der Waals surface area contributed by atoms with Gasteiger partial charge in [0.25, 0.3) is 0 Å². The van der Waals surface area contributed by atoms with Crippen LogP contribution < -0.4 is 10.6 Å². The summed E-state index contributed by atoms with van der Waals surface area (Å²) in [6.45, 7) is 2.36. The molecule has 2 aromatic carbocycles. The highest BCUT2D eigenvalue weighted by Crippen LogP contribution is 2.17. The summed E-state index contributed by atoms with van der Waals surface area (Å²) < 4.78 is 0. The molecule has 0 saturated heterocycles. The van der Waals surface area contributed by atoms with E-state index >= 15 is 0 Å². The first-order valence-electron chi connectivity index (χ1n) is 6.59. The van der Waals surface area contributed by atoms with Gasteiger partial charge in [0, 0.05) is 16.6 Å². The molecule has 0 aliphatic heterocycles. The van der Waals surface area contributed by atoms with Crippen LogP contribution in [0.1, 0.15) is 24.1 Å². The molecule has 0 aromatic heterocycles. The Morgan fingerprint density at radius 1 is 1.10 bits per heavy atom. The van der Waals surface area contributed by atoms with Crippen LogP contribution in [0.15, 0.2) is 48.5 Å². The van der Waals surface area contributed by atoms with Crippen LogP contribution in [0, 0.1) is 0 Å². The van der Waals surface area contributed by atoms with Gasteiger partial charge in [-0.2, -0.15) is 0 Å². The number of nitrogens with one attached hydrogen (secondary N) is 2. The van der Waals surface area contributed by atoms with Crippen molar-refractivity contribution in [2.75, 3.05) is 0 Å². The first kappa shape index (κ1) is 15.7. The van der Waals surface area contributed by atoms with Crippen molar-refractivity contribution < 1.29 is 4.79 Å². The summed E-state index contributed by atoms with van der Waals surface area (Å²) in [7, 11) is 0. The fraction of sp³-hybridized carbons (Fsp3) is 0.188. The Kier molecular flexibility index (Phi) is 5.48. The molecule has 2 N–H and O–H groups in total. The van der Waals surface area contributed by atoms with E-state index in [0.29, 0.717) is 16.6 Å². The number of benzene rings is 2. The fourth-order valence-electron chi connectivity index (χ4n) is 1.89. The molecule has 0 aliphatic carbocycles. The number of hydrogen-bond donors (Lipinski definition) is 2. The van der Waals surface area contributed by atoms with Gasteiger partial charge in [-0.3, -0.25) is 0 Å². The van der Waals surface area contributed by atoms with Gasteiger partial charge in [0.2, 0.25) is 0 Å². The van der Waals surface area contributed by atoms with E-state index in [0.717, 1.165) is 11.1 Å². The maximum absolute atomic E-state index is 11.9. The molecule has 1 unspecified atom stereocenters. The summed E-state index contributed by atoms with van der Waals surface area (Å²) in [4.78, 5) is 11.9. The third kappa shape index (κ3) is 4.96. The third-order valence-electron chi connectivity index (χ3n) is 3.06. The molecule has 0 aliphatic rings. The van der Waals surface area contributed by atoms with Crippen LogP contribution in [0.2, 0.25) is 10.0 Å². The van der Waals surface area contributed by atoms with Gasteiger partial charge in [-0.15, -0.1) is 0 Å². The number of carbonyl (C=O) groups is 1. The number of hydrogen-bond acceptors (Lipinski definition) is 1. The lowest BCUT2D eigenvalue weighted by Crippen LogP contribution is -2.36. The Morgan fingerprint density at radius 2 is 1.81 bits per heavy atom. The molecule has 5 heteroatoms. The summed E-state index contributed by atoms with van der Waals surface area (Å²) >= 11 is 11.8. The van der Waals surface area contributed by atoms with Crippen LogP contribution in [-0.4, -0.2) is 6.03 Å². The molecule has 2 rings (SSSR count). The Morgan fingerprint density at radius 3 is 2.48 bits per heavy atom. The molecule has 1 atom stereocenters. The molecule has 0 heterocycles. The highest BCUT2D eigenvalue weighted by Gasteiger charge is 2.09. The van der Waals surface area contributed by atoms with Crippen LogP contribution in [0.25, 0.3) is 0 Å². The smallest absolute Gasteiger partial charge is 0.315 e. The zero-order valence-electron chi connectivity index (χ0n) is 11.6. The Hall–Kier alpha value is -1.71. The van der Waals surface area contributed by atoms with Gasteiger partial charge in [0.1, 0.15) is 0 Å². The van der Waals surface area contributed by atoms with E-state index in [1.807, 2.05) is 37.3 Å². The van der Waals surface area contributed by atoms with Gasteiger partial charge in [0.15, 0.2) is 0 Å². The van der Waals surface area contributed by atoms with Gasteiger partial charge >= 0.3 is 6.03 Å². The van der Waals surface area contributed by atoms with Crippen molar-refractivity contribution in [3.63, 3.8) is 0 Å². The van der Waals surface area contributed by atoms with Gasteiger partial charge in [-0.25, -0.2) is 4.79 Å². The quantitative estimate of drug-likeness (QED) is 0.851. The number of urea groups is 1. The number of amides is 2. The lowest BCUT2D eigenvalue weighted by atomic mass is 10.1. The topological polar surface area (TPSA) is 41.1 Å². The van der Waals surface area contributed by atoms with Crippen molar-refractivity contribution >= 4 is 29.2 Å². The first-order chi connectivity index (χ1) is 10.0. The normalized spacial score (nSPS) is 11.8. The fourth-order valence-corrected chi connectivity index (χ4v) is 2.22. The average Bonchev–Trinajstić information content (AvgIpc) is 2.46. The largest absolute Gasteiger partial charge is 0.334 e. The van der Waals surface area contributed by atoms with Crippen LogP contribution in [0.5, 0.6) is 0 Å². The predicted octanol–water partition coefficient (Wildman–Crippen LogP) is 4.55. The molecule has 110 valence electrons. The van der Waals surface area contributed by atoms with Crippen molar-refractivity contribution in [2.45, 2.75) is 19.5 Å². The molecule has 2 amide bonds. The maximum atomic E-state index is 11.9. The monoisotopic (exact) mass is 322 g/mol. The Balaban J connectivity index is 1.85. The molecule has 0 radical (unpaired) electrons. The van der Waals surface area contributed by atoms with E-state index < -0.39 is 0 Å². The Bertz CT molecular complexity index is 614. The molecule has 21 heavy (non-hydrogen) atoms. The van der Waals surface area contributed by atoms with Crippen LogP contribution >= 0.6 is 23.2 Å². The van der Waals surface area contributed by atoms with E-state index in [1.165, 1.54) is 0 Å². The molecule has 0 spiro atoms. The standard InChI is InChI=1S/C16H16Cl2N2O/c1-11(13-3-2-4-15(18)9-13)20-16(21)19-10-12-5-7-14(17)8-6-12/h2-9,11H,10H2,1H3,(H2,19,20,21). The van der Waals surface area contributed by atoms with Gasteiger partial charge in [0.05, 0.1) is 6.04 Å². The third-order valence-corrected chi connectivity index (χ3v) is 3.55. The van der Waals surface area contributed by atoms with E-state index in [9.17, 15) is 4.79 Å². The second-order valence-corrected chi connectivity index (χ2v) is 5.60. The summed E-state index contributed by atoms with van der Waals surface area (Å²) in [5.74, 6) is 0. The minimum Gasteiger partial charge on any atom is -0.334 e. The maximum Gasteiger partial charge on any atom is 0.315 e. The predicted molar refractivity (Wildman–Crippen MR) is 86.7 cm³/mol. The summed E-state index contributed by atoms with van der Waals surface area (Å²) in [5.41, 5.74) is 1.95. The Labute approximate surface area is 134 Å². The molecular formula is C16H16Cl2N2O. The van der Waals surface area contributed by atoms with Gasteiger partial charge < -0.3 is 10.6 Å². The second-order valence-electron chi connectivity index (χ2n) is 4.73. The van der Waals surface area contributed by atoms with E-state index in [1.54, 1.807) is 18.2 Å². The summed E-state index contributed by atoms with van der Waals surface area (Å²) in [5, 5.41) is 7.01. The molecule has 2 aromatic rings. The van der Waals surface area contributed by atoms with Gasteiger partial charge in [-0.05, 0) is 42.3 Å². The van der Waals surface area contributed by atoms with Crippen molar-refractivity contribution in [3.05, 3.63) is 69.7 Å². The van der Waals surface area contributed by atoms with Crippen molar-refractivity contribution in [1.82, 2.24) is 10.6 Å². The van der Waals surface area contributed by atoms with Crippen molar-refractivity contribution in [1.29, 1.82) is 0 Å². The lowest BCUT2D eigenvalue weighted by Gasteiger charge is -2.15. The average molecular weight is 323 g/mol. The van der Waals surface area contributed by atoms with Crippen LogP contribution in [0.3, 0.4) is 0 Å². The zero-order chi connectivity index (χ0) is 15.2. The molecule has 0 bridgehead atoms. The minimum absolute atomic E-state index is 0.117. The SMILES string of the molecule is CC(NC(=O)NCc1ccc(Cl)cc1)c1cccc(Cl)c1. The number of carbonyl (C=O) groups excluding carboxylic acids is 1. The van der Waals surface area contributed by atoms with E-state index in [4.69, 9.17) is 23.2 Å². The van der Waals surface area contributed by atoms with Crippen molar-refractivity contribution in [3.8, 4) is 0 Å². The van der Waals surface area contributed by atoms with E-state index in [-0.39, 0.29) is 12.1 Å². The second kappa shape index (κ2) is 7.34. The summed E-state index contributed by atoms with van der Waals surface area (Å²) in [6.07, 6.45) is 0. The number of halogens is 2. The minimum atomic E-state index is -0.225. The molecular weight excluding hydrogens is 307 g/mol. The number of rotatable bonds is 4. The summed E-state index contributed by atoms with van der Waals surface area (Å²) in [6, 6.07) is 14.4. The molecule has 3 nitrogen and oxygen atoms in total. The van der Waals surface area contributed by atoms with Crippen molar-refractivity contribution in [2.24, 2.45) is 0 Å². The highest BCUT2D eigenvalue weighted by atomic mass is 35.5. The van der Waals surface area contributed by atoms with Gasteiger partial charge in [-0.1, -0.05) is 47.5 Å². The molecule has 0 fully saturated rings.